The Morgan fingerprint density at radius 2 is 2.00 bits per heavy atom. The van der Waals surface area contributed by atoms with E-state index in [0.29, 0.717) is 12.8 Å². The van der Waals surface area contributed by atoms with E-state index in [0.717, 1.165) is 6.20 Å². The summed E-state index contributed by atoms with van der Waals surface area (Å²) in [6.45, 7) is 0.411. The average molecular weight is 370 g/mol. The molecule has 11 heteroatoms. The molecule has 0 aromatic carbocycles. The van der Waals surface area contributed by atoms with Gasteiger partial charge in [-0.15, -0.1) is 0 Å². The molecule has 0 bridgehead atoms. The van der Waals surface area contributed by atoms with Crippen LogP contribution in [0.5, 0.6) is 5.88 Å². The Morgan fingerprint density at radius 1 is 1.28 bits per heavy atom. The maximum absolute atomic E-state index is 12.8. The first-order chi connectivity index (χ1) is 11.8. The van der Waals surface area contributed by atoms with Gasteiger partial charge < -0.3 is 4.74 Å². The lowest BCUT2D eigenvalue weighted by atomic mass is 10.1. The highest BCUT2D eigenvalue weighted by Gasteiger charge is 2.34. The maximum Gasteiger partial charge on any atom is 0.348 e. The van der Waals surface area contributed by atoms with Crippen LogP contribution < -0.4 is 10.1 Å². The lowest BCUT2D eigenvalue weighted by Crippen LogP contribution is -2.44. The molecular formula is C14H15FN4O5S. The van der Waals surface area contributed by atoms with Crippen molar-refractivity contribution in [3.63, 3.8) is 0 Å². The normalized spacial score (nSPS) is 19.6. The molecule has 2 aliphatic rings. The second kappa shape index (κ2) is 6.84. The van der Waals surface area contributed by atoms with Crippen LogP contribution in [-0.4, -0.2) is 60.3 Å². The first-order valence-electron chi connectivity index (χ1n) is 7.52. The molecular weight excluding hydrogens is 355 g/mol. The van der Waals surface area contributed by atoms with Crippen LogP contribution in [0.2, 0.25) is 0 Å². The van der Waals surface area contributed by atoms with Gasteiger partial charge in [0.2, 0.25) is 15.9 Å². The molecule has 0 spiro atoms. The zero-order valence-corrected chi connectivity index (χ0v) is 13.8. The van der Waals surface area contributed by atoms with E-state index >= 15 is 0 Å². The standard InChI is InChI=1S/C14H15FN4O5S/c15-9-1-2-12(16-7-9)24-10-3-5-19(6-4-10)25(22,23)8-11-13(20)18-14(21)17-11/h1-2,7,10H,3-6,8H2,(H,18,20,21). The molecule has 1 aromatic heterocycles. The van der Waals surface area contributed by atoms with E-state index in [9.17, 15) is 22.4 Å². The minimum atomic E-state index is -3.76. The summed E-state index contributed by atoms with van der Waals surface area (Å²) in [6, 6.07) is 1.79. The molecule has 3 rings (SSSR count). The van der Waals surface area contributed by atoms with Crippen LogP contribution in [0, 0.1) is 5.82 Å². The van der Waals surface area contributed by atoms with Crippen LogP contribution in [0.3, 0.4) is 0 Å². The molecule has 134 valence electrons. The van der Waals surface area contributed by atoms with E-state index in [4.69, 9.17) is 4.74 Å². The number of sulfonamides is 1. The van der Waals surface area contributed by atoms with Crippen molar-refractivity contribution in [3.8, 4) is 5.88 Å². The van der Waals surface area contributed by atoms with Crippen LogP contribution in [0.15, 0.2) is 23.3 Å². The topological polar surface area (TPSA) is 118 Å². The smallest absolute Gasteiger partial charge is 0.348 e. The van der Waals surface area contributed by atoms with Gasteiger partial charge in [0.1, 0.15) is 23.4 Å². The maximum atomic E-state index is 12.8. The molecule has 1 saturated heterocycles. The Balaban J connectivity index is 1.56. The van der Waals surface area contributed by atoms with Gasteiger partial charge in [0.25, 0.3) is 5.91 Å². The minimum Gasteiger partial charge on any atom is -0.474 e. The summed E-state index contributed by atoms with van der Waals surface area (Å²) in [5, 5.41) is 1.91. The monoisotopic (exact) mass is 370 g/mol. The second-order valence-electron chi connectivity index (χ2n) is 5.60. The Bertz CT molecular complexity index is 816. The van der Waals surface area contributed by atoms with Gasteiger partial charge in [-0.2, -0.15) is 4.99 Å². The Labute approximate surface area is 142 Å². The molecule has 0 atom stereocenters. The van der Waals surface area contributed by atoms with Crippen molar-refractivity contribution in [2.75, 3.05) is 18.8 Å². The number of imide groups is 1. The van der Waals surface area contributed by atoms with Crippen molar-refractivity contribution in [3.05, 3.63) is 24.1 Å². The highest BCUT2D eigenvalue weighted by molar-refractivity contribution is 7.90. The number of hydrogen-bond acceptors (Lipinski definition) is 6. The molecule has 9 nitrogen and oxygen atoms in total. The number of halogens is 1. The van der Waals surface area contributed by atoms with E-state index in [1.807, 2.05) is 5.32 Å². The number of nitrogens with zero attached hydrogens (tertiary/aromatic N) is 3. The van der Waals surface area contributed by atoms with E-state index < -0.39 is 33.5 Å². The van der Waals surface area contributed by atoms with Crippen molar-refractivity contribution in [1.29, 1.82) is 0 Å². The van der Waals surface area contributed by atoms with Crippen molar-refractivity contribution in [2.45, 2.75) is 18.9 Å². The van der Waals surface area contributed by atoms with E-state index in [1.54, 1.807) is 0 Å². The quantitative estimate of drug-likeness (QED) is 0.784. The number of ether oxygens (including phenoxy) is 1. The molecule has 0 saturated carbocycles. The molecule has 2 aliphatic heterocycles. The molecule has 1 fully saturated rings. The average Bonchev–Trinajstić information content (AvgIpc) is 2.87. The minimum absolute atomic E-state index is 0.205. The number of piperidine rings is 1. The SMILES string of the molecule is O=C1N=C(CS(=O)(=O)N2CCC(Oc3ccc(F)cn3)CC2)C(=O)N1. The largest absolute Gasteiger partial charge is 0.474 e. The number of rotatable bonds is 5. The number of nitrogens with one attached hydrogen (secondary N) is 1. The molecule has 3 heterocycles. The number of carbonyl (C=O) groups excluding carboxylic acids is 2. The molecule has 0 aliphatic carbocycles. The number of pyridine rings is 1. The fraction of sp³-hybridized carbons (Fsp3) is 0.429. The molecule has 1 N–H and O–H groups in total. The number of carbonyl (C=O) groups is 2. The number of urea groups is 1. The summed E-state index contributed by atoms with van der Waals surface area (Å²) in [5.41, 5.74) is -0.307. The predicted molar refractivity (Wildman–Crippen MR) is 84.2 cm³/mol. The Morgan fingerprint density at radius 3 is 2.56 bits per heavy atom. The highest BCUT2D eigenvalue weighted by atomic mass is 32.2. The zero-order valence-electron chi connectivity index (χ0n) is 13.0. The van der Waals surface area contributed by atoms with Gasteiger partial charge >= 0.3 is 6.03 Å². The van der Waals surface area contributed by atoms with Gasteiger partial charge in [0.05, 0.1) is 6.20 Å². The third-order valence-corrected chi connectivity index (χ3v) is 5.61. The van der Waals surface area contributed by atoms with Crippen molar-refractivity contribution in [2.24, 2.45) is 4.99 Å². The Hall–Kier alpha value is -2.40. The third kappa shape index (κ3) is 4.17. The zero-order chi connectivity index (χ0) is 18.0. The van der Waals surface area contributed by atoms with Gasteiger partial charge in [-0.1, -0.05) is 0 Å². The van der Waals surface area contributed by atoms with Crippen molar-refractivity contribution in [1.82, 2.24) is 14.6 Å². The summed E-state index contributed by atoms with van der Waals surface area (Å²) in [4.78, 5) is 29.6. The number of hydrogen-bond donors (Lipinski definition) is 1. The van der Waals surface area contributed by atoms with Gasteiger partial charge in [-0.25, -0.2) is 26.9 Å². The Kier molecular flexibility index (Phi) is 4.77. The first-order valence-corrected chi connectivity index (χ1v) is 9.13. The van der Waals surface area contributed by atoms with Crippen LogP contribution in [0.4, 0.5) is 9.18 Å². The van der Waals surface area contributed by atoms with Gasteiger partial charge in [-0.3, -0.25) is 10.1 Å². The molecule has 0 radical (unpaired) electrons. The summed E-state index contributed by atoms with van der Waals surface area (Å²) >= 11 is 0. The molecule has 0 unspecified atom stereocenters. The van der Waals surface area contributed by atoms with E-state index in [2.05, 4.69) is 9.98 Å². The van der Waals surface area contributed by atoms with Crippen LogP contribution in [0.25, 0.3) is 0 Å². The number of aromatic nitrogens is 1. The summed E-state index contributed by atoms with van der Waals surface area (Å²) in [5.74, 6) is -1.59. The number of aliphatic imine (C=N–C) groups is 1. The van der Waals surface area contributed by atoms with Crippen LogP contribution in [0.1, 0.15) is 12.8 Å². The van der Waals surface area contributed by atoms with E-state index in [-0.39, 0.29) is 30.8 Å². The molecule has 3 amide bonds. The van der Waals surface area contributed by atoms with Crippen molar-refractivity contribution < 1.29 is 27.1 Å². The summed E-state index contributed by atoms with van der Waals surface area (Å²) < 4.78 is 44.4. The summed E-state index contributed by atoms with van der Waals surface area (Å²) in [6.07, 6.45) is 1.66. The molecule has 1 aromatic rings. The fourth-order valence-corrected chi connectivity index (χ4v) is 4.05. The second-order valence-corrected chi connectivity index (χ2v) is 7.57. The van der Waals surface area contributed by atoms with Gasteiger partial charge in [0, 0.05) is 19.2 Å². The van der Waals surface area contributed by atoms with Crippen molar-refractivity contribution >= 4 is 27.7 Å². The van der Waals surface area contributed by atoms with Gasteiger partial charge in [0.15, 0.2) is 0 Å². The summed E-state index contributed by atoms with van der Waals surface area (Å²) in [7, 11) is -3.76. The van der Waals surface area contributed by atoms with E-state index in [1.165, 1.54) is 16.4 Å². The fourth-order valence-electron chi connectivity index (χ4n) is 2.56. The third-order valence-electron chi connectivity index (χ3n) is 3.82. The lowest BCUT2D eigenvalue weighted by molar-refractivity contribution is -0.113. The van der Waals surface area contributed by atoms with Crippen LogP contribution >= 0.6 is 0 Å². The predicted octanol–water partition coefficient (Wildman–Crippen LogP) is 0.0845. The molecule has 25 heavy (non-hydrogen) atoms. The highest BCUT2D eigenvalue weighted by Crippen LogP contribution is 2.20. The lowest BCUT2D eigenvalue weighted by Gasteiger charge is -2.31. The van der Waals surface area contributed by atoms with Gasteiger partial charge in [-0.05, 0) is 18.9 Å². The van der Waals surface area contributed by atoms with Crippen LogP contribution in [-0.2, 0) is 14.8 Å². The number of amides is 3. The first kappa shape index (κ1) is 17.4.